The van der Waals surface area contributed by atoms with Crippen LogP contribution in [0.3, 0.4) is 0 Å². The third-order valence-corrected chi connectivity index (χ3v) is 4.16. The van der Waals surface area contributed by atoms with Crippen molar-refractivity contribution >= 4 is 17.7 Å². The molecule has 1 aliphatic heterocycles. The van der Waals surface area contributed by atoms with E-state index < -0.39 is 30.0 Å². The van der Waals surface area contributed by atoms with Gasteiger partial charge in [0.2, 0.25) is 5.91 Å². The number of carbonyl (C=O) groups excluding carboxylic acids is 2. The van der Waals surface area contributed by atoms with Gasteiger partial charge in [-0.2, -0.15) is 18.2 Å². The van der Waals surface area contributed by atoms with Crippen LogP contribution in [0.25, 0.3) is 5.78 Å². The van der Waals surface area contributed by atoms with Crippen molar-refractivity contribution in [3.8, 4) is 0 Å². The van der Waals surface area contributed by atoms with Gasteiger partial charge in [0.05, 0.1) is 13.0 Å². The number of nitrogens with zero attached hydrogens (tertiary/aromatic N) is 6. The number of rotatable bonds is 5. The van der Waals surface area contributed by atoms with Crippen LogP contribution in [0, 0.1) is 5.41 Å². The average Bonchev–Trinajstić information content (AvgIpc) is 2.94. The van der Waals surface area contributed by atoms with Gasteiger partial charge in [0, 0.05) is 31.9 Å². The molecule has 1 fully saturated rings. The van der Waals surface area contributed by atoms with Gasteiger partial charge in [-0.1, -0.05) is 13.8 Å². The predicted octanol–water partition coefficient (Wildman–Crippen LogP) is 2.26. The first-order valence-electron chi connectivity index (χ1n) is 8.36. The molecule has 3 heterocycles. The van der Waals surface area contributed by atoms with Crippen LogP contribution >= 0.6 is 0 Å². The molecule has 3 rings (SSSR count). The van der Waals surface area contributed by atoms with Crippen LogP contribution in [-0.4, -0.2) is 60.6 Å². The first kappa shape index (κ1) is 19.1. The SMILES string of the molecule is CC(C)(CN1C(=O)CCN(Cc2nc3ncccn3n2)C1=O)CC(F)(F)F. The molecular weight excluding hydrogens is 365 g/mol. The van der Waals surface area contributed by atoms with E-state index in [0.717, 1.165) is 4.90 Å². The van der Waals surface area contributed by atoms with E-state index in [2.05, 4.69) is 15.1 Å². The van der Waals surface area contributed by atoms with Gasteiger partial charge < -0.3 is 4.90 Å². The normalized spacial score (nSPS) is 16.5. The number of amides is 3. The van der Waals surface area contributed by atoms with Crippen molar-refractivity contribution in [2.45, 2.75) is 39.4 Å². The number of alkyl halides is 3. The van der Waals surface area contributed by atoms with Crippen LogP contribution in [0.15, 0.2) is 18.5 Å². The number of fused-ring (bicyclic) bond motifs is 1. The van der Waals surface area contributed by atoms with Crippen molar-refractivity contribution in [2.75, 3.05) is 13.1 Å². The average molecular weight is 384 g/mol. The highest BCUT2D eigenvalue weighted by Gasteiger charge is 2.41. The van der Waals surface area contributed by atoms with Gasteiger partial charge in [-0.25, -0.2) is 14.3 Å². The Kier molecular flexibility index (Phi) is 4.79. The first-order valence-corrected chi connectivity index (χ1v) is 8.36. The summed E-state index contributed by atoms with van der Waals surface area (Å²) in [6, 6.07) is 1.05. The molecule has 2 aromatic heterocycles. The van der Waals surface area contributed by atoms with E-state index in [1.807, 2.05) is 0 Å². The zero-order chi connectivity index (χ0) is 19.8. The van der Waals surface area contributed by atoms with E-state index in [9.17, 15) is 22.8 Å². The molecule has 2 aromatic rings. The highest BCUT2D eigenvalue weighted by Crippen LogP contribution is 2.34. The molecule has 0 aliphatic carbocycles. The number of urea groups is 1. The van der Waals surface area contributed by atoms with Crippen molar-refractivity contribution < 1.29 is 22.8 Å². The molecule has 11 heteroatoms. The number of halogens is 3. The molecule has 0 N–H and O–H groups in total. The molecule has 146 valence electrons. The second-order valence-corrected chi connectivity index (χ2v) is 7.28. The molecule has 1 saturated heterocycles. The molecule has 0 bridgehead atoms. The lowest BCUT2D eigenvalue weighted by Crippen LogP contribution is -2.54. The fourth-order valence-corrected chi connectivity index (χ4v) is 3.08. The maximum absolute atomic E-state index is 12.7. The summed E-state index contributed by atoms with van der Waals surface area (Å²) in [7, 11) is 0. The van der Waals surface area contributed by atoms with E-state index >= 15 is 0 Å². The molecule has 27 heavy (non-hydrogen) atoms. The van der Waals surface area contributed by atoms with E-state index in [-0.39, 0.29) is 26.1 Å². The second kappa shape index (κ2) is 6.78. The number of aromatic nitrogens is 4. The summed E-state index contributed by atoms with van der Waals surface area (Å²) < 4.78 is 39.7. The predicted molar refractivity (Wildman–Crippen MR) is 87.4 cm³/mol. The van der Waals surface area contributed by atoms with Crippen molar-refractivity contribution in [3.05, 3.63) is 24.3 Å². The van der Waals surface area contributed by atoms with Gasteiger partial charge >= 0.3 is 12.2 Å². The highest BCUT2D eigenvalue weighted by molar-refractivity contribution is 5.96. The third kappa shape index (κ3) is 4.52. The monoisotopic (exact) mass is 384 g/mol. The number of carbonyl (C=O) groups is 2. The Morgan fingerprint density at radius 2 is 1.96 bits per heavy atom. The minimum atomic E-state index is -4.38. The molecule has 0 radical (unpaired) electrons. The summed E-state index contributed by atoms with van der Waals surface area (Å²) in [5.74, 6) is 0.234. The summed E-state index contributed by atoms with van der Waals surface area (Å²) in [4.78, 5) is 35.3. The zero-order valence-corrected chi connectivity index (χ0v) is 14.9. The van der Waals surface area contributed by atoms with Gasteiger partial charge in [0.1, 0.15) is 0 Å². The molecule has 8 nitrogen and oxygen atoms in total. The van der Waals surface area contributed by atoms with E-state index in [4.69, 9.17) is 0 Å². The van der Waals surface area contributed by atoms with Crippen LogP contribution in [0.2, 0.25) is 0 Å². The van der Waals surface area contributed by atoms with Gasteiger partial charge in [-0.15, -0.1) is 5.10 Å². The summed E-state index contributed by atoms with van der Waals surface area (Å²) in [5.41, 5.74) is -1.28. The maximum atomic E-state index is 12.7. The fraction of sp³-hybridized carbons (Fsp3) is 0.562. The zero-order valence-electron chi connectivity index (χ0n) is 14.9. The molecule has 0 spiro atoms. The van der Waals surface area contributed by atoms with Gasteiger partial charge in [0.15, 0.2) is 5.82 Å². The molecule has 0 aromatic carbocycles. The lowest BCUT2D eigenvalue weighted by Gasteiger charge is -2.38. The van der Waals surface area contributed by atoms with Crippen molar-refractivity contribution in [3.63, 3.8) is 0 Å². The van der Waals surface area contributed by atoms with E-state index in [1.54, 1.807) is 18.5 Å². The van der Waals surface area contributed by atoms with Crippen LogP contribution < -0.4 is 0 Å². The Morgan fingerprint density at radius 3 is 2.63 bits per heavy atom. The number of imide groups is 1. The topological polar surface area (TPSA) is 83.7 Å². The smallest absolute Gasteiger partial charge is 0.316 e. The van der Waals surface area contributed by atoms with E-state index in [1.165, 1.54) is 23.3 Å². The van der Waals surface area contributed by atoms with Crippen LogP contribution in [0.1, 0.15) is 32.5 Å². The quantitative estimate of drug-likeness (QED) is 0.790. The van der Waals surface area contributed by atoms with Crippen LogP contribution in [0.4, 0.5) is 18.0 Å². The molecule has 1 aliphatic rings. The Balaban J connectivity index is 1.73. The summed E-state index contributed by atoms with van der Waals surface area (Å²) >= 11 is 0. The van der Waals surface area contributed by atoms with Crippen LogP contribution in [-0.2, 0) is 11.3 Å². The van der Waals surface area contributed by atoms with Gasteiger partial charge in [-0.3, -0.25) is 9.69 Å². The maximum Gasteiger partial charge on any atom is 0.389 e. The molecule has 0 atom stereocenters. The second-order valence-electron chi connectivity index (χ2n) is 7.28. The van der Waals surface area contributed by atoms with Crippen molar-refractivity contribution in [1.29, 1.82) is 0 Å². The Labute approximate surface area is 153 Å². The lowest BCUT2D eigenvalue weighted by atomic mass is 9.88. The Bertz CT molecular complexity index is 830. The van der Waals surface area contributed by atoms with Gasteiger partial charge in [0.25, 0.3) is 5.78 Å². The van der Waals surface area contributed by atoms with Gasteiger partial charge in [-0.05, 0) is 11.5 Å². The number of hydrogen-bond acceptors (Lipinski definition) is 5. The molecule has 0 saturated carbocycles. The van der Waals surface area contributed by atoms with Crippen molar-refractivity contribution in [1.82, 2.24) is 29.4 Å². The summed E-state index contributed by atoms with van der Waals surface area (Å²) in [5, 5.41) is 4.21. The standard InChI is InChI=1S/C16H19F3N6O2/c1-15(2,9-16(17,18)19)10-24-12(26)4-7-23(14(24)27)8-11-21-13-20-5-3-6-25(13)22-11/h3,5-6H,4,7-10H2,1-2H3. The summed E-state index contributed by atoms with van der Waals surface area (Å²) in [6.45, 7) is 2.67. The molecular formula is C16H19F3N6O2. The Hall–Kier alpha value is -2.72. The lowest BCUT2D eigenvalue weighted by molar-refractivity contribution is -0.158. The minimum Gasteiger partial charge on any atom is -0.316 e. The fourth-order valence-electron chi connectivity index (χ4n) is 3.08. The highest BCUT2D eigenvalue weighted by atomic mass is 19.4. The molecule has 0 unspecified atom stereocenters. The Morgan fingerprint density at radius 1 is 1.22 bits per heavy atom. The minimum absolute atomic E-state index is 0.0411. The summed E-state index contributed by atoms with van der Waals surface area (Å²) in [6.07, 6.45) is -2.20. The first-order chi connectivity index (χ1) is 12.5. The van der Waals surface area contributed by atoms with Crippen LogP contribution in [0.5, 0.6) is 0 Å². The third-order valence-electron chi connectivity index (χ3n) is 4.16. The van der Waals surface area contributed by atoms with Crippen molar-refractivity contribution in [2.24, 2.45) is 5.41 Å². The largest absolute Gasteiger partial charge is 0.389 e. The molecule has 3 amide bonds. The number of hydrogen-bond donors (Lipinski definition) is 0. The van der Waals surface area contributed by atoms with E-state index in [0.29, 0.717) is 11.6 Å².